The summed E-state index contributed by atoms with van der Waals surface area (Å²) in [6.45, 7) is 7.78. The van der Waals surface area contributed by atoms with E-state index in [0.29, 0.717) is 18.9 Å². The summed E-state index contributed by atoms with van der Waals surface area (Å²) in [5.41, 5.74) is 3.83. The zero-order valence-electron chi connectivity index (χ0n) is 26.4. The van der Waals surface area contributed by atoms with Crippen molar-refractivity contribution in [2.75, 3.05) is 27.3 Å². The van der Waals surface area contributed by atoms with E-state index in [1.807, 2.05) is 44.2 Å². The third-order valence-corrected chi connectivity index (χ3v) is 7.79. The van der Waals surface area contributed by atoms with Gasteiger partial charge in [0.05, 0.1) is 26.4 Å². The van der Waals surface area contributed by atoms with Crippen molar-refractivity contribution in [3.05, 3.63) is 35.9 Å². The molecule has 0 saturated heterocycles. The van der Waals surface area contributed by atoms with Crippen LogP contribution >= 0.6 is 0 Å². The lowest BCUT2D eigenvalue weighted by molar-refractivity contribution is -0.131. The van der Waals surface area contributed by atoms with E-state index in [1.54, 1.807) is 18.9 Å². The average Bonchev–Trinajstić information content (AvgIpc) is 2.98. The number of hydrazine groups is 1. The maximum atomic E-state index is 13.4. The number of alkyl carbamates (subject to hydrolysis) is 2. The minimum Gasteiger partial charge on any atom is -0.453 e. The van der Waals surface area contributed by atoms with Gasteiger partial charge in [0.25, 0.3) is 5.91 Å². The molecule has 0 radical (unpaired) electrons. The molecule has 12 heteroatoms. The smallest absolute Gasteiger partial charge is 0.407 e. The van der Waals surface area contributed by atoms with Crippen LogP contribution in [0.4, 0.5) is 9.59 Å². The largest absolute Gasteiger partial charge is 0.453 e. The van der Waals surface area contributed by atoms with Crippen LogP contribution in [0.15, 0.2) is 30.3 Å². The Morgan fingerprint density at radius 3 is 1.88 bits per heavy atom. The van der Waals surface area contributed by atoms with Crippen LogP contribution in [0.1, 0.15) is 65.4 Å². The van der Waals surface area contributed by atoms with Gasteiger partial charge in [-0.1, -0.05) is 77.3 Å². The molecule has 4 amide bonds. The van der Waals surface area contributed by atoms with E-state index in [-0.39, 0.29) is 18.4 Å². The highest BCUT2D eigenvalue weighted by molar-refractivity contribution is 5.86. The monoisotopic (exact) mass is 605 g/mol. The zero-order valence-corrected chi connectivity index (χ0v) is 26.4. The molecule has 0 heterocycles. The van der Waals surface area contributed by atoms with Gasteiger partial charge in [0.15, 0.2) is 0 Å². The molecule has 1 fully saturated rings. The van der Waals surface area contributed by atoms with E-state index < -0.39 is 48.2 Å². The number of carbonyl (C=O) groups excluding carboxylic acids is 4. The molecular formula is C31H51N5O7. The first-order valence-electron chi connectivity index (χ1n) is 15.2. The fourth-order valence-electron chi connectivity index (χ4n) is 5.29. The number of carbonyl (C=O) groups is 4. The van der Waals surface area contributed by atoms with Crippen LogP contribution in [0.3, 0.4) is 0 Å². The predicted molar refractivity (Wildman–Crippen MR) is 163 cm³/mol. The molecule has 0 aliphatic heterocycles. The van der Waals surface area contributed by atoms with Crippen molar-refractivity contribution < 1.29 is 33.8 Å². The SMILES string of the molecule is COC(=O)N[C@H](C(=O)N[C@H](Cc1ccccc1)[C@H](O)CN(CC1CCCCC1)NC(=O)[C@@H](NC(=O)OC)C(C)C)C(C)C. The minimum absolute atomic E-state index is 0.0276. The lowest BCUT2D eigenvalue weighted by Crippen LogP contribution is -2.60. The number of hydrogen-bond acceptors (Lipinski definition) is 8. The molecule has 2 rings (SSSR count). The quantitative estimate of drug-likeness (QED) is 0.191. The van der Waals surface area contributed by atoms with Gasteiger partial charge in [-0.15, -0.1) is 0 Å². The van der Waals surface area contributed by atoms with Crippen molar-refractivity contribution in [3.63, 3.8) is 0 Å². The number of aliphatic hydroxyl groups is 1. The number of nitrogens with one attached hydrogen (secondary N) is 4. The van der Waals surface area contributed by atoms with Crippen LogP contribution in [-0.2, 0) is 25.5 Å². The molecule has 0 bridgehead atoms. The Balaban J connectivity index is 2.30. The van der Waals surface area contributed by atoms with E-state index in [4.69, 9.17) is 9.47 Å². The standard InChI is InChI=1S/C31H51N5O7/c1-20(2)26(33-30(40)42-5)28(38)32-24(17-22-13-9-7-10-14-22)25(37)19-36(18-23-15-11-8-12-16-23)35-29(39)27(21(3)4)34-31(41)43-6/h7,9-10,13-14,20-21,23-27,37H,8,11-12,15-19H2,1-6H3,(H,32,38)(H,33,40)(H,34,41)(H,35,39)/t24-,25-,26+,27+/m1/s1. The van der Waals surface area contributed by atoms with Crippen LogP contribution in [0, 0.1) is 17.8 Å². The second-order valence-corrected chi connectivity index (χ2v) is 12.0. The molecule has 5 N–H and O–H groups in total. The van der Waals surface area contributed by atoms with E-state index in [2.05, 4.69) is 21.4 Å². The number of rotatable bonds is 15. The van der Waals surface area contributed by atoms with Gasteiger partial charge in [0, 0.05) is 13.1 Å². The second-order valence-electron chi connectivity index (χ2n) is 12.0. The Hall–Kier alpha value is -3.38. The van der Waals surface area contributed by atoms with Gasteiger partial charge in [0.1, 0.15) is 12.1 Å². The summed E-state index contributed by atoms with van der Waals surface area (Å²) in [7, 11) is 2.47. The zero-order chi connectivity index (χ0) is 31.9. The summed E-state index contributed by atoms with van der Waals surface area (Å²) in [4.78, 5) is 50.6. The highest BCUT2D eigenvalue weighted by Crippen LogP contribution is 2.24. The summed E-state index contributed by atoms with van der Waals surface area (Å²) < 4.78 is 9.40. The third-order valence-electron chi connectivity index (χ3n) is 7.79. The highest BCUT2D eigenvalue weighted by Gasteiger charge is 2.32. The van der Waals surface area contributed by atoms with Crippen LogP contribution in [0.25, 0.3) is 0 Å². The van der Waals surface area contributed by atoms with E-state index in [1.165, 1.54) is 20.6 Å². The van der Waals surface area contributed by atoms with Gasteiger partial charge in [-0.3, -0.25) is 15.0 Å². The number of ether oxygens (including phenoxy) is 2. The van der Waals surface area contributed by atoms with Crippen molar-refractivity contribution in [1.82, 2.24) is 26.4 Å². The van der Waals surface area contributed by atoms with Crippen LogP contribution in [0.2, 0.25) is 0 Å². The van der Waals surface area contributed by atoms with E-state index in [9.17, 15) is 24.3 Å². The third kappa shape index (κ3) is 12.4. The topological polar surface area (TPSA) is 158 Å². The Labute approximate surface area is 255 Å². The number of nitrogens with zero attached hydrogens (tertiary/aromatic N) is 1. The molecule has 1 aromatic rings. The average molecular weight is 606 g/mol. The lowest BCUT2D eigenvalue weighted by Gasteiger charge is -2.35. The first-order chi connectivity index (χ1) is 20.4. The first-order valence-corrected chi connectivity index (χ1v) is 15.2. The molecule has 0 unspecified atom stereocenters. The number of benzene rings is 1. The Bertz CT molecular complexity index is 1020. The van der Waals surface area contributed by atoms with Crippen molar-refractivity contribution in [3.8, 4) is 0 Å². The molecule has 0 spiro atoms. The fraction of sp³-hybridized carbons (Fsp3) is 0.677. The Morgan fingerprint density at radius 1 is 0.837 bits per heavy atom. The van der Waals surface area contributed by atoms with Crippen molar-refractivity contribution >= 4 is 24.0 Å². The summed E-state index contributed by atoms with van der Waals surface area (Å²) in [5.74, 6) is -1.02. The molecular weight excluding hydrogens is 554 g/mol. The number of amides is 4. The predicted octanol–water partition coefficient (Wildman–Crippen LogP) is 2.75. The summed E-state index contributed by atoms with van der Waals surface area (Å²) in [6, 6.07) is 6.99. The second kappa shape index (κ2) is 18.3. The van der Waals surface area contributed by atoms with Gasteiger partial charge < -0.3 is 30.5 Å². The van der Waals surface area contributed by atoms with Gasteiger partial charge in [-0.25, -0.2) is 14.6 Å². The number of aliphatic hydroxyl groups excluding tert-OH is 1. The maximum absolute atomic E-state index is 13.4. The number of hydrogen-bond donors (Lipinski definition) is 5. The number of methoxy groups -OCH3 is 2. The lowest BCUT2D eigenvalue weighted by atomic mass is 9.89. The molecule has 1 aromatic carbocycles. The van der Waals surface area contributed by atoms with Gasteiger partial charge >= 0.3 is 12.2 Å². The molecule has 242 valence electrons. The highest BCUT2D eigenvalue weighted by atomic mass is 16.5. The van der Waals surface area contributed by atoms with Gasteiger partial charge in [-0.2, -0.15) is 0 Å². The first kappa shape index (κ1) is 35.8. The van der Waals surface area contributed by atoms with Crippen LogP contribution in [0.5, 0.6) is 0 Å². The summed E-state index contributed by atoms with van der Waals surface area (Å²) >= 11 is 0. The summed E-state index contributed by atoms with van der Waals surface area (Å²) in [5, 5.41) is 21.4. The maximum Gasteiger partial charge on any atom is 0.407 e. The normalized spacial score (nSPS) is 16.6. The van der Waals surface area contributed by atoms with Crippen LogP contribution in [-0.4, -0.2) is 85.7 Å². The molecule has 43 heavy (non-hydrogen) atoms. The van der Waals surface area contributed by atoms with Crippen molar-refractivity contribution in [1.29, 1.82) is 0 Å². The Kier molecular flexibility index (Phi) is 15.3. The Morgan fingerprint density at radius 2 is 1.37 bits per heavy atom. The van der Waals surface area contributed by atoms with Crippen molar-refractivity contribution in [2.24, 2.45) is 17.8 Å². The van der Waals surface area contributed by atoms with Gasteiger partial charge in [0.2, 0.25) is 5.91 Å². The molecule has 1 saturated carbocycles. The van der Waals surface area contributed by atoms with Crippen molar-refractivity contribution in [2.45, 2.75) is 90.4 Å². The molecule has 1 aliphatic rings. The fourth-order valence-corrected chi connectivity index (χ4v) is 5.29. The minimum atomic E-state index is -1.09. The molecule has 12 nitrogen and oxygen atoms in total. The molecule has 4 atom stereocenters. The molecule has 1 aliphatic carbocycles. The van der Waals surface area contributed by atoms with Gasteiger partial charge in [-0.05, 0) is 42.6 Å². The van der Waals surface area contributed by atoms with E-state index in [0.717, 1.165) is 31.2 Å². The van der Waals surface area contributed by atoms with Crippen LogP contribution < -0.4 is 21.4 Å². The summed E-state index contributed by atoms with van der Waals surface area (Å²) in [6.07, 6.45) is 3.19. The molecule has 0 aromatic heterocycles. The van der Waals surface area contributed by atoms with E-state index >= 15 is 0 Å².